The smallest absolute Gasteiger partial charge is 0.333 e. The fourth-order valence-corrected chi connectivity index (χ4v) is 2.82. The van der Waals surface area contributed by atoms with Crippen LogP contribution in [0.25, 0.3) is 0 Å². The van der Waals surface area contributed by atoms with Crippen LogP contribution in [-0.2, 0) is 14.3 Å². The van der Waals surface area contributed by atoms with Crippen LogP contribution in [0.5, 0.6) is 0 Å². The molecule has 2 amide bonds. The first kappa shape index (κ1) is 18.6. The molecule has 1 aliphatic carbocycles. The molecule has 1 aromatic heterocycles. The molecule has 2 N–H and O–H groups in total. The molecule has 140 valence electrons. The first-order chi connectivity index (χ1) is 13.0. The Labute approximate surface area is 157 Å². The van der Waals surface area contributed by atoms with Gasteiger partial charge in [0, 0.05) is 35.1 Å². The van der Waals surface area contributed by atoms with E-state index in [0.717, 1.165) is 6.42 Å². The van der Waals surface area contributed by atoms with Crippen LogP contribution < -0.4 is 10.6 Å². The Bertz CT molecular complexity index is 853. The van der Waals surface area contributed by atoms with Gasteiger partial charge in [-0.05, 0) is 36.6 Å². The molecule has 1 saturated carbocycles. The summed E-state index contributed by atoms with van der Waals surface area (Å²) in [7, 11) is 1.26. The summed E-state index contributed by atoms with van der Waals surface area (Å²) in [6.45, 7) is 2.03. The molecule has 1 heterocycles. The van der Waals surface area contributed by atoms with Crippen LogP contribution in [0, 0.1) is 11.8 Å². The number of nitrogens with zero attached hydrogens (tertiary/aromatic N) is 1. The number of nitrogens with one attached hydrogen (secondary N) is 2. The summed E-state index contributed by atoms with van der Waals surface area (Å²) in [6.07, 6.45) is 3.96. The average molecular weight is 367 g/mol. The summed E-state index contributed by atoms with van der Waals surface area (Å²) in [5.74, 6) is -0.648. The lowest BCUT2D eigenvalue weighted by Gasteiger charge is -2.17. The number of carbonyl (C=O) groups excluding carboxylic acids is 3. The van der Waals surface area contributed by atoms with Gasteiger partial charge in [-0.2, -0.15) is 0 Å². The number of ether oxygens (including phenoxy) is 1. The van der Waals surface area contributed by atoms with Gasteiger partial charge in [0.2, 0.25) is 5.91 Å². The summed E-state index contributed by atoms with van der Waals surface area (Å²) >= 11 is 0. The molecule has 7 nitrogen and oxygen atoms in total. The molecule has 27 heavy (non-hydrogen) atoms. The van der Waals surface area contributed by atoms with E-state index >= 15 is 0 Å². The van der Waals surface area contributed by atoms with Crippen molar-refractivity contribution in [3.63, 3.8) is 0 Å². The van der Waals surface area contributed by atoms with Crippen LogP contribution in [0.1, 0.15) is 35.3 Å². The zero-order valence-corrected chi connectivity index (χ0v) is 15.1. The van der Waals surface area contributed by atoms with E-state index in [2.05, 4.69) is 15.6 Å². The number of esters is 1. The van der Waals surface area contributed by atoms with Crippen molar-refractivity contribution in [3.8, 4) is 0 Å². The largest absolute Gasteiger partial charge is 0.467 e. The fourth-order valence-electron chi connectivity index (χ4n) is 2.82. The molecule has 2 aromatic rings. The topological polar surface area (TPSA) is 97.4 Å². The SMILES string of the molecule is COC(=O)[C@H](NC(=O)c1cccc(NC(=O)[C@H]2C[C@@H]2C)c1)c1cccnc1. The lowest BCUT2D eigenvalue weighted by Crippen LogP contribution is -2.34. The van der Waals surface area contributed by atoms with E-state index in [9.17, 15) is 14.4 Å². The van der Waals surface area contributed by atoms with Crippen LogP contribution in [-0.4, -0.2) is 29.9 Å². The summed E-state index contributed by atoms with van der Waals surface area (Å²) in [5, 5.41) is 5.48. The molecule has 0 spiro atoms. The first-order valence-corrected chi connectivity index (χ1v) is 8.69. The molecule has 0 saturated heterocycles. The minimum atomic E-state index is -0.971. The Morgan fingerprint density at radius 2 is 2.00 bits per heavy atom. The van der Waals surface area contributed by atoms with Crippen LogP contribution in [0.3, 0.4) is 0 Å². The quantitative estimate of drug-likeness (QED) is 0.764. The first-order valence-electron chi connectivity index (χ1n) is 8.69. The molecule has 1 fully saturated rings. The third-order valence-corrected chi connectivity index (χ3v) is 4.57. The van der Waals surface area contributed by atoms with Gasteiger partial charge in [0.25, 0.3) is 5.91 Å². The normalized spacial score (nSPS) is 18.9. The summed E-state index contributed by atoms with van der Waals surface area (Å²) in [5.41, 5.74) is 1.39. The number of hydrogen-bond acceptors (Lipinski definition) is 5. The van der Waals surface area contributed by atoms with Gasteiger partial charge in [0.05, 0.1) is 7.11 Å². The van der Waals surface area contributed by atoms with Crippen molar-refractivity contribution in [1.82, 2.24) is 10.3 Å². The molecule has 0 radical (unpaired) electrons. The van der Waals surface area contributed by atoms with Crippen LogP contribution in [0.15, 0.2) is 48.8 Å². The van der Waals surface area contributed by atoms with Crippen LogP contribution >= 0.6 is 0 Å². The van der Waals surface area contributed by atoms with Gasteiger partial charge in [-0.3, -0.25) is 14.6 Å². The number of carbonyl (C=O) groups is 3. The molecule has 1 aliphatic rings. The summed E-state index contributed by atoms with van der Waals surface area (Å²) < 4.78 is 4.78. The number of pyridine rings is 1. The highest BCUT2D eigenvalue weighted by molar-refractivity contribution is 5.99. The lowest BCUT2D eigenvalue weighted by molar-refractivity contribution is -0.143. The van der Waals surface area contributed by atoms with Gasteiger partial charge in [-0.25, -0.2) is 4.79 Å². The van der Waals surface area contributed by atoms with E-state index in [-0.39, 0.29) is 11.8 Å². The highest BCUT2D eigenvalue weighted by Gasteiger charge is 2.39. The standard InChI is InChI=1S/C20H21N3O4/c1-12-9-16(12)19(25)22-15-7-3-5-13(10-15)18(24)23-17(20(26)27-2)14-6-4-8-21-11-14/h3-8,10-12,16-17H,9H2,1-2H3,(H,22,25)(H,23,24)/t12-,16-,17+/m0/s1. The van der Waals surface area contributed by atoms with E-state index in [1.54, 1.807) is 42.6 Å². The average Bonchev–Trinajstić information content (AvgIpc) is 3.43. The molecule has 0 aliphatic heterocycles. The van der Waals surface area contributed by atoms with Gasteiger partial charge >= 0.3 is 5.97 Å². The summed E-state index contributed by atoms with van der Waals surface area (Å²) in [4.78, 5) is 40.8. The second-order valence-electron chi connectivity index (χ2n) is 6.61. The molecule has 7 heteroatoms. The number of amides is 2. The molecule has 1 aromatic carbocycles. The van der Waals surface area contributed by atoms with Crippen molar-refractivity contribution in [3.05, 3.63) is 59.9 Å². The van der Waals surface area contributed by atoms with E-state index in [4.69, 9.17) is 4.74 Å². The van der Waals surface area contributed by atoms with Gasteiger partial charge in [0.15, 0.2) is 6.04 Å². The summed E-state index contributed by atoms with van der Waals surface area (Å²) in [6, 6.07) is 8.98. The molecular weight excluding hydrogens is 346 g/mol. The molecule has 0 bridgehead atoms. The van der Waals surface area contributed by atoms with Crippen molar-refractivity contribution in [1.29, 1.82) is 0 Å². The molecule has 3 atom stereocenters. The third kappa shape index (κ3) is 4.49. The number of benzene rings is 1. The van der Waals surface area contributed by atoms with Crippen molar-refractivity contribution in [2.75, 3.05) is 12.4 Å². The van der Waals surface area contributed by atoms with Gasteiger partial charge in [0.1, 0.15) is 0 Å². The molecular formula is C20H21N3O4. The highest BCUT2D eigenvalue weighted by Crippen LogP contribution is 2.38. The van der Waals surface area contributed by atoms with Gasteiger partial charge in [-0.1, -0.05) is 19.1 Å². The maximum Gasteiger partial charge on any atom is 0.333 e. The zero-order valence-electron chi connectivity index (χ0n) is 15.1. The Morgan fingerprint density at radius 3 is 2.63 bits per heavy atom. The zero-order chi connectivity index (χ0) is 19.4. The third-order valence-electron chi connectivity index (χ3n) is 4.57. The van der Waals surface area contributed by atoms with E-state index in [0.29, 0.717) is 22.7 Å². The number of anilines is 1. The Balaban J connectivity index is 1.73. The van der Waals surface area contributed by atoms with Crippen molar-refractivity contribution in [2.45, 2.75) is 19.4 Å². The maximum absolute atomic E-state index is 12.6. The van der Waals surface area contributed by atoms with Gasteiger partial charge in [-0.15, -0.1) is 0 Å². The van der Waals surface area contributed by atoms with Crippen LogP contribution in [0.4, 0.5) is 5.69 Å². The number of methoxy groups -OCH3 is 1. The fraction of sp³-hybridized carbons (Fsp3) is 0.300. The second kappa shape index (κ2) is 7.99. The van der Waals surface area contributed by atoms with Crippen LogP contribution in [0.2, 0.25) is 0 Å². The maximum atomic E-state index is 12.6. The Kier molecular flexibility index (Phi) is 5.49. The number of rotatable bonds is 6. The van der Waals surface area contributed by atoms with E-state index in [1.165, 1.54) is 13.3 Å². The number of aromatic nitrogens is 1. The Morgan fingerprint density at radius 1 is 1.22 bits per heavy atom. The molecule has 3 rings (SSSR count). The lowest BCUT2D eigenvalue weighted by atomic mass is 10.1. The van der Waals surface area contributed by atoms with Crippen molar-refractivity contribution < 1.29 is 19.1 Å². The monoisotopic (exact) mass is 367 g/mol. The predicted molar refractivity (Wildman–Crippen MR) is 98.8 cm³/mol. The minimum absolute atomic E-state index is 0.0387. The van der Waals surface area contributed by atoms with Gasteiger partial charge < -0.3 is 15.4 Å². The minimum Gasteiger partial charge on any atom is -0.467 e. The molecule has 0 unspecified atom stereocenters. The van der Waals surface area contributed by atoms with E-state index in [1.807, 2.05) is 6.92 Å². The van der Waals surface area contributed by atoms with Crippen molar-refractivity contribution in [2.24, 2.45) is 11.8 Å². The highest BCUT2D eigenvalue weighted by atomic mass is 16.5. The van der Waals surface area contributed by atoms with Crippen molar-refractivity contribution >= 4 is 23.5 Å². The number of hydrogen-bond donors (Lipinski definition) is 2. The Hall–Kier alpha value is -3.22. The predicted octanol–water partition coefficient (Wildman–Crippen LogP) is 2.32. The van der Waals surface area contributed by atoms with E-state index < -0.39 is 17.9 Å². The second-order valence-corrected chi connectivity index (χ2v) is 6.61.